The van der Waals surface area contributed by atoms with E-state index in [4.69, 9.17) is 10.2 Å². The standard InChI is InChI=1S/C15H26N2O2/c1-6-7-17(10-15(4,5)9-16)14(18)13-8-11(2)19-12(13)3/h8H,6-7,9-10,16H2,1-5H3. The van der Waals surface area contributed by atoms with Crippen molar-refractivity contribution in [1.29, 1.82) is 0 Å². The number of nitrogens with zero attached hydrogens (tertiary/aromatic N) is 1. The lowest BCUT2D eigenvalue weighted by Gasteiger charge is -2.31. The predicted octanol–water partition coefficient (Wildman–Crippen LogP) is 2.73. The van der Waals surface area contributed by atoms with Crippen LogP contribution in [-0.4, -0.2) is 30.4 Å². The van der Waals surface area contributed by atoms with Crippen LogP contribution in [0.5, 0.6) is 0 Å². The minimum Gasteiger partial charge on any atom is -0.466 e. The average Bonchev–Trinajstić information content (AvgIpc) is 2.67. The fraction of sp³-hybridized carbons (Fsp3) is 0.667. The van der Waals surface area contributed by atoms with E-state index in [1.807, 2.05) is 24.8 Å². The first-order valence-corrected chi connectivity index (χ1v) is 6.87. The molecule has 1 aromatic heterocycles. The van der Waals surface area contributed by atoms with Gasteiger partial charge in [0.15, 0.2) is 0 Å². The molecule has 0 atom stereocenters. The van der Waals surface area contributed by atoms with Gasteiger partial charge in [0.2, 0.25) is 0 Å². The van der Waals surface area contributed by atoms with Crippen LogP contribution in [0.15, 0.2) is 10.5 Å². The van der Waals surface area contributed by atoms with Crippen molar-refractivity contribution in [2.45, 2.75) is 41.0 Å². The number of nitrogens with two attached hydrogens (primary N) is 1. The van der Waals surface area contributed by atoms with Crippen LogP contribution in [0.4, 0.5) is 0 Å². The van der Waals surface area contributed by atoms with Crippen LogP contribution < -0.4 is 5.73 Å². The maximum atomic E-state index is 12.6. The molecule has 0 bridgehead atoms. The molecule has 4 heteroatoms. The zero-order valence-electron chi connectivity index (χ0n) is 12.7. The molecule has 0 saturated heterocycles. The minimum atomic E-state index is -0.0719. The molecule has 0 aliphatic carbocycles. The molecular weight excluding hydrogens is 240 g/mol. The van der Waals surface area contributed by atoms with Crippen LogP contribution in [0.1, 0.15) is 49.1 Å². The van der Waals surface area contributed by atoms with Crippen molar-refractivity contribution in [3.05, 3.63) is 23.2 Å². The number of furan rings is 1. The fourth-order valence-electron chi connectivity index (χ4n) is 2.12. The van der Waals surface area contributed by atoms with Crippen molar-refractivity contribution in [3.63, 3.8) is 0 Å². The molecule has 4 nitrogen and oxygen atoms in total. The van der Waals surface area contributed by atoms with Gasteiger partial charge >= 0.3 is 0 Å². The van der Waals surface area contributed by atoms with E-state index in [2.05, 4.69) is 20.8 Å². The fourth-order valence-corrected chi connectivity index (χ4v) is 2.12. The van der Waals surface area contributed by atoms with E-state index >= 15 is 0 Å². The van der Waals surface area contributed by atoms with Gasteiger partial charge in [-0.25, -0.2) is 0 Å². The van der Waals surface area contributed by atoms with Crippen molar-refractivity contribution >= 4 is 5.91 Å². The van der Waals surface area contributed by atoms with Gasteiger partial charge < -0.3 is 15.1 Å². The molecule has 1 amide bonds. The zero-order chi connectivity index (χ0) is 14.6. The van der Waals surface area contributed by atoms with E-state index in [9.17, 15) is 4.79 Å². The summed E-state index contributed by atoms with van der Waals surface area (Å²) in [6, 6.07) is 1.82. The zero-order valence-corrected chi connectivity index (χ0v) is 12.7. The monoisotopic (exact) mass is 266 g/mol. The van der Waals surface area contributed by atoms with Crippen LogP contribution in [0.2, 0.25) is 0 Å². The van der Waals surface area contributed by atoms with E-state index in [-0.39, 0.29) is 11.3 Å². The van der Waals surface area contributed by atoms with E-state index < -0.39 is 0 Å². The molecular formula is C15H26N2O2. The van der Waals surface area contributed by atoms with Gasteiger partial charge in [0.1, 0.15) is 11.5 Å². The topological polar surface area (TPSA) is 59.5 Å². The van der Waals surface area contributed by atoms with Crippen molar-refractivity contribution in [2.24, 2.45) is 11.1 Å². The summed E-state index contributed by atoms with van der Waals surface area (Å²) in [6.45, 7) is 11.9. The molecule has 108 valence electrons. The summed E-state index contributed by atoms with van der Waals surface area (Å²) in [5, 5.41) is 0. The second kappa shape index (κ2) is 6.24. The lowest BCUT2D eigenvalue weighted by atomic mass is 9.92. The number of hydrogen-bond acceptors (Lipinski definition) is 3. The van der Waals surface area contributed by atoms with Gasteiger partial charge in [-0.1, -0.05) is 20.8 Å². The molecule has 1 heterocycles. The van der Waals surface area contributed by atoms with Gasteiger partial charge in [0, 0.05) is 13.1 Å². The number of rotatable bonds is 6. The van der Waals surface area contributed by atoms with Crippen LogP contribution in [0.3, 0.4) is 0 Å². The first-order chi connectivity index (χ1) is 8.80. The second-order valence-electron chi connectivity index (χ2n) is 5.92. The second-order valence-corrected chi connectivity index (χ2v) is 5.92. The molecule has 2 N–H and O–H groups in total. The summed E-state index contributed by atoms with van der Waals surface area (Å²) in [5.41, 5.74) is 6.36. The Morgan fingerprint density at radius 2 is 2.05 bits per heavy atom. The van der Waals surface area contributed by atoms with Gasteiger partial charge in [0.05, 0.1) is 5.56 Å². The molecule has 0 radical (unpaired) electrons. The highest BCUT2D eigenvalue weighted by Crippen LogP contribution is 2.20. The number of carbonyl (C=O) groups is 1. The summed E-state index contributed by atoms with van der Waals surface area (Å²) in [6.07, 6.45) is 0.933. The normalized spacial score (nSPS) is 11.7. The highest BCUT2D eigenvalue weighted by atomic mass is 16.3. The maximum absolute atomic E-state index is 12.6. The average molecular weight is 266 g/mol. The van der Waals surface area contributed by atoms with Gasteiger partial charge in [-0.2, -0.15) is 0 Å². The Morgan fingerprint density at radius 1 is 1.42 bits per heavy atom. The summed E-state index contributed by atoms with van der Waals surface area (Å²) in [7, 11) is 0. The smallest absolute Gasteiger partial charge is 0.257 e. The summed E-state index contributed by atoms with van der Waals surface area (Å²) >= 11 is 0. The largest absolute Gasteiger partial charge is 0.466 e. The van der Waals surface area contributed by atoms with Crippen LogP contribution in [-0.2, 0) is 0 Å². The Bertz CT molecular complexity index is 435. The van der Waals surface area contributed by atoms with Gasteiger partial charge in [-0.15, -0.1) is 0 Å². The third-order valence-electron chi connectivity index (χ3n) is 3.22. The molecule has 0 fully saturated rings. The molecule has 0 aromatic carbocycles. The summed E-state index contributed by atoms with van der Waals surface area (Å²) in [4.78, 5) is 14.5. The predicted molar refractivity (Wildman–Crippen MR) is 77.2 cm³/mol. The van der Waals surface area contributed by atoms with Crippen molar-refractivity contribution < 1.29 is 9.21 Å². The third kappa shape index (κ3) is 4.10. The molecule has 0 aliphatic rings. The SMILES string of the molecule is CCCN(CC(C)(C)CN)C(=O)c1cc(C)oc1C. The maximum Gasteiger partial charge on any atom is 0.257 e. The molecule has 19 heavy (non-hydrogen) atoms. The van der Waals surface area contributed by atoms with Crippen molar-refractivity contribution in [3.8, 4) is 0 Å². The van der Waals surface area contributed by atoms with Crippen molar-refractivity contribution in [2.75, 3.05) is 19.6 Å². The Balaban J connectivity index is 2.93. The molecule has 0 aliphatic heterocycles. The van der Waals surface area contributed by atoms with E-state index in [1.165, 1.54) is 0 Å². The van der Waals surface area contributed by atoms with Crippen LogP contribution in [0.25, 0.3) is 0 Å². The van der Waals surface area contributed by atoms with Crippen LogP contribution in [0, 0.1) is 19.3 Å². The Hall–Kier alpha value is -1.29. The first-order valence-electron chi connectivity index (χ1n) is 6.87. The van der Waals surface area contributed by atoms with Crippen LogP contribution >= 0.6 is 0 Å². The Kier molecular flexibility index (Phi) is 5.18. The van der Waals surface area contributed by atoms with Crippen molar-refractivity contribution in [1.82, 2.24) is 4.90 Å². The number of amides is 1. The lowest BCUT2D eigenvalue weighted by Crippen LogP contribution is -2.42. The first kappa shape index (κ1) is 15.8. The quantitative estimate of drug-likeness (QED) is 0.861. The van der Waals surface area contributed by atoms with E-state index in [0.717, 1.165) is 18.7 Å². The Labute approximate surface area is 116 Å². The molecule has 1 aromatic rings. The molecule has 0 saturated carbocycles. The number of carbonyl (C=O) groups excluding carboxylic acids is 1. The number of aryl methyl sites for hydroxylation is 2. The number of hydrogen-bond donors (Lipinski definition) is 1. The molecule has 0 unspecified atom stereocenters. The van der Waals surface area contributed by atoms with E-state index in [0.29, 0.717) is 24.4 Å². The van der Waals surface area contributed by atoms with E-state index in [1.54, 1.807) is 0 Å². The van der Waals surface area contributed by atoms with Gasteiger partial charge in [-0.05, 0) is 38.3 Å². The molecule has 1 rings (SSSR count). The molecule has 0 spiro atoms. The highest BCUT2D eigenvalue weighted by molar-refractivity contribution is 5.95. The third-order valence-corrected chi connectivity index (χ3v) is 3.22. The van der Waals surface area contributed by atoms with Gasteiger partial charge in [-0.3, -0.25) is 4.79 Å². The summed E-state index contributed by atoms with van der Waals surface area (Å²) in [5.74, 6) is 1.50. The Morgan fingerprint density at radius 3 is 2.47 bits per heavy atom. The van der Waals surface area contributed by atoms with Gasteiger partial charge in [0.25, 0.3) is 5.91 Å². The highest BCUT2D eigenvalue weighted by Gasteiger charge is 2.26. The minimum absolute atomic E-state index is 0.0396. The lowest BCUT2D eigenvalue weighted by molar-refractivity contribution is 0.0687. The summed E-state index contributed by atoms with van der Waals surface area (Å²) < 4.78 is 5.45.